The van der Waals surface area contributed by atoms with Crippen LogP contribution < -0.4 is 4.90 Å². The highest BCUT2D eigenvalue weighted by atomic mass is 16.2. The standard InChI is InChI=1S/C19H19NO2/c1-13-9-10-17-16(11-13)19(3,14(2)21)18(22)20(17)12-15-7-5-4-6-8-15/h4-11H,12H2,1-3H3. The average molecular weight is 293 g/mol. The van der Waals surface area contributed by atoms with E-state index in [2.05, 4.69) is 0 Å². The molecule has 0 aliphatic carbocycles. The summed E-state index contributed by atoms with van der Waals surface area (Å²) in [5.74, 6) is -0.246. The van der Waals surface area contributed by atoms with Crippen molar-refractivity contribution in [2.24, 2.45) is 0 Å². The summed E-state index contributed by atoms with van der Waals surface area (Å²) in [6.45, 7) is 5.70. The molecule has 0 bridgehead atoms. The monoisotopic (exact) mass is 293 g/mol. The van der Waals surface area contributed by atoms with E-state index in [0.29, 0.717) is 6.54 Å². The van der Waals surface area contributed by atoms with Crippen LogP contribution in [0.15, 0.2) is 48.5 Å². The van der Waals surface area contributed by atoms with Gasteiger partial charge in [-0.3, -0.25) is 9.59 Å². The van der Waals surface area contributed by atoms with Crippen LogP contribution in [0.2, 0.25) is 0 Å². The highest BCUT2D eigenvalue weighted by molar-refractivity contribution is 6.21. The first-order valence-corrected chi connectivity index (χ1v) is 7.42. The summed E-state index contributed by atoms with van der Waals surface area (Å²) in [6.07, 6.45) is 0. The molecule has 1 heterocycles. The molecule has 0 radical (unpaired) electrons. The van der Waals surface area contributed by atoms with Gasteiger partial charge in [-0.2, -0.15) is 0 Å². The average Bonchev–Trinajstić information content (AvgIpc) is 2.71. The molecule has 1 amide bonds. The van der Waals surface area contributed by atoms with E-state index >= 15 is 0 Å². The summed E-state index contributed by atoms with van der Waals surface area (Å²) in [5, 5.41) is 0. The van der Waals surface area contributed by atoms with Gasteiger partial charge in [0.1, 0.15) is 11.2 Å². The van der Waals surface area contributed by atoms with E-state index in [1.807, 2.05) is 55.5 Å². The van der Waals surface area contributed by atoms with E-state index in [9.17, 15) is 9.59 Å². The van der Waals surface area contributed by atoms with Crippen molar-refractivity contribution in [1.82, 2.24) is 0 Å². The van der Waals surface area contributed by atoms with E-state index in [-0.39, 0.29) is 11.7 Å². The lowest BCUT2D eigenvalue weighted by molar-refractivity contribution is -0.132. The van der Waals surface area contributed by atoms with Crippen molar-refractivity contribution in [3.8, 4) is 0 Å². The molecule has 112 valence electrons. The van der Waals surface area contributed by atoms with Crippen LogP contribution in [0.4, 0.5) is 5.69 Å². The number of carbonyl (C=O) groups excluding carboxylic acids is 2. The van der Waals surface area contributed by atoms with Crippen LogP contribution in [0, 0.1) is 6.92 Å². The molecule has 0 saturated heterocycles. The Hall–Kier alpha value is -2.42. The number of Topliss-reactive ketones (excluding diaryl/α,β-unsaturated/α-hetero) is 1. The van der Waals surface area contributed by atoms with Crippen LogP contribution in [0.1, 0.15) is 30.5 Å². The molecule has 22 heavy (non-hydrogen) atoms. The number of nitrogens with zero attached hydrogens (tertiary/aromatic N) is 1. The number of ketones is 1. The van der Waals surface area contributed by atoms with Gasteiger partial charge in [-0.25, -0.2) is 0 Å². The number of benzene rings is 2. The maximum absolute atomic E-state index is 12.9. The van der Waals surface area contributed by atoms with Gasteiger partial charge in [-0.1, -0.05) is 48.0 Å². The Balaban J connectivity index is 2.10. The second-order valence-corrected chi connectivity index (χ2v) is 6.08. The predicted octanol–water partition coefficient (Wildman–Crippen LogP) is 3.39. The summed E-state index contributed by atoms with van der Waals surface area (Å²) >= 11 is 0. The van der Waals surface area contributed by atoms with Crippen molar-refractivity contribution < 1.29 is 9.59 Å². The molecule has 1 atom stereocenters. The molecular weight excluding hydrogens is 274 g/mol. The van der Waals surface area contributed by atoms with Crippen molar-refractivity contribution in [3.05, 3.63) is 65.2 Å². The lowest BCUT2D eigenvalue weighted by atomic mass is 9.80. The number of hydrogen-bond acceptors (Lipinski definition) is 2. The summed E-state index contributed by atoms with van der Waals surface area (Å²) in [7, 11) is 0. The Bertz CT molecular complexity index is 751. The number of aryl methyl sites for hydroxylation is 1. The van der Waals surface area contributed by atoms with Crippen molar-refractivity contribution in [1.29, 1.82) is 0 Å². The first-order chi connectivity index (χ1) is 10.4. The molecule has 3 nitrogen and oxygen atoms in total. The lowest BCUT2D eigenvalue weighted by Gasteiger charge is -2.22. The van der Waals surface area contributed by atoms with Crippen LogP contribution in [-0.2, 0) is 21.5 Å². The fourth-order valence-electron chi connectivity index (χ4n) is 3.04. The Morgan fingerprint density at radius 1 is 1.14 bits per heavy atom. The van der Waals surface area contributed by atoms with Crippen molar-refractivity contribution in [2.75, 3.05) is 4.90 Å². The molecular formula is C19H19NO2. The quantitative estimate of drug-likeness (QED) is 0.813. The zero-order valence-corrected chi connectivity index (χ0v) is 13.1. The van der Waals surface area contributed by atoms with Crippen molar-refractivity contribution >= 4 is 17.4 Å². The number of anilines is 1. The van der Waals surface area contributed by atoms with Crippen molar-refractivity contribution in [3.63, 3.8) is 0 Å². The zero-order chi connectivity index (χ0) is 15.9. The Labute approximate surface area is 130 Å². The number of carbonyl (C=O) groups is 2. The molecule has 0 fully saturated rings. The summed E-state index contributed by atoms with van der Waals surface area (Å²) in [4.78, 5) is 26.9. The van der Waals surface area contributed by atoms with Gasteiger partial charge < -0.3 is 4.90 Å². The third-order valence-corrected chi connectivity index (χ3v) is 4.54. The second-order valence-electron chi connectivity index (χ2n) is 6.08. The van der Waals surface area contributed by atoms with E-state index in [4.69, 9.17) is 0 Å². The third-order valence-electron chi connectivity index (χ3n) is 4.54. The first kappa shape index (κ1) is 14.5. The molecule has 0 spiro atoms. The van der Waals surface area contributed by atoms with Crippen LogP contribution in [0.25, 0.3) is 0 Å². The molecule has 3 rings (SSSR count). The molecule has 2 aromatic carbocycles. The molecule has 0 saturated carbocycles. The maximum atomic E-state index is 12.9. The fraction of sp³-hybridized carbons (Fsp3) is 0.263. The topological polar surface area (TPSA) is 37.4 Å². The first-order valence-electron chi connectivity index (χ1n) is 7.42. The van der Waals surface area contributed by atoms with Gasteiger partial charge in [0.15, 0.2) is 0 Å². The molecule has 2 aromatic rings. The van der Waals surface area contributed by atoms with Gasteiger partial charge in [0.05, 0.1) is 6.54 Å². The molecule has 0 N–H and O–H groups in total. The fourth-order valence-corrected chi connectivity index (χ4v) is 3.04. The SMILES string of the molecule is CC(=O)C1(C)C(=O)N(Cc2ccccc2)c2ccc(C)cc21. The number of amides is 1. The largest absolute Gasteiger partial charge is 0.307 e. The van der Waals surface area contributed by atoms with Gasteiger partial charge in [0.2, 0.25) is 5.91 Å². The van der Waals surface area contributed by atoms with Gasteiger partial charge in [-0.05, 0) is 38.0 Å². The van der Waals surface area contributed by atoms with Crippen molar-refractivity contribution in [2.45, 2.75) is 32.7 Å². The predicted molar refractivity (Wildman–Crippen MR) is 86.8 cm³/mol. The number of fused-ring (bicyclic) bond motifs is 1. The normalized spacial score (nSPS) is 20.1. The van der Waals surface area contributed by atoms with Crippen LogP contribution in [-0.4, -0.2) is 11.7 Å². The third kappa shape index (κ3) is 2.05. The molecule has 3 heteroatoms. The second kappa shape index (κ2) is 5.09. The number of hydrogen-bond donors (Lipinski definition) is 0. The lowest BCUT2D eigenvalue weighted by Crippen LogP contribution is -2.42. The highest BCUT2D eigenvalue weighted by Crippen LogP contribution is 2.43. The Morgan fingerprint density at radius 2 is 1.82 bits per heavy atom. The van der Waals surface area contributed by atoms with E-state index in [0.717, 1.165) is 22.4 Å². The maximum Gasteiger partial charge on any atom is 0.245 e. The summed E-state index contributed by atoms with van der Waals surface area (Å²) < 4.78 is 0. The van der Waals surface area contributed by atoms with E-state index in [1.165, 1.54) is 6.92 Å². The Kier molecular flexibility index (Phi) is 3.36. The van der Waals surface area contributed by atoms with Crippen LogP contribution in [0.3, 0.4) is 0 Å². The van der Waals surface area contributed by atoms with Gasteiger partial charge in [0, 0.05) is 5.69 Å². The number of rotatable bonds is 3. The van der Waals surface area contributed by atoms with E-state index in [1.54, 1.807) is 11.8 Å². The van der Waals surface area contributed by atoms with Crippen LogP contribution in [0.5, 0.6) is 0 Å². The molecule has 1 aliphatic heterocycles. The van der Waals surface area contributed by atoms with Crippen LogP contribution >= 0.6 is 0 Å². The molecule has 0 aromatic heterocycles. The van der Waals surface area contributed by atoms with Gasteiger partial charge in [0.25, 0.3) is 0 Å². The molecule has 1 unspecified atom stereocenters. The van der Waals surface area contributed by atoms with Gasteiger partial charge >= 0.3 is 0 Å². The van der Waals surface area contributed by atoms with E-state index < -0.39 is 5.41 Å². The molecule has 1 aliphatic rings. The zero-order valence-electron chi connectivity index (χ0n) is 13.1. The minimum absolute atomic E-state index is 0.111. The minimum atomic E-state index is -1.07. The minimum Gasteiger partial charge on any atom is -0.307 e. The smallest absolute Gasteiger partial charge is 0.245 e. The van der Waals surface area contributed by atoms with Gasteiger partial charge in [-0.15, -0.1) is 0 Å². The summed E-state index contributed by atoms with van der Waals surface area (Å²) in [5.41, 5.74) is 2.70. The summed E-state index contributed by atoms with van der Waals surface area (Å²) in [6, 6.07) is 15.7. The Morgan fingerprint density at radius 3 is 2.45 bits per heavy atom. The highest BCUT2D eigenvalue weighted by Gasteiger charge is 2.50.